The van der Waals surface area contributed by atoms with Gasteiger partial charge in [0.25, 0.3) is 5.56 Å². The van der Waals surface area contributed by atoms with Crippen molar-refractivity contribution in [2.75, 3.05) is 0 Å². The standard InChI is InChI=1S/C29H19FN2OS/c1-20-19-22(10-15-24-5-4-18-34-24)11-16-27(20)32-28(17-12-21-8-13-23(30)14-9-21)31-26-7-3-2-6-25(26)29(32)33/h2-9,11-14,16-19H,1H3/b17-12+. The molecule has 34 heavy (non-hydrogen) atoms. The molecule has 2 heterocycles. The normalized spacial score (nSPS) is 11.0. The van der Waals surface area contributed by atoms with Gasteiger partial charge in [0, 0.05) is 5.56 Å². The molecule has 3 nitrogen and oxygen atoms in total. The third kappa shape index (κ3) is 4.45. The summed E-state index contributed by atoms with van der Waals surface area (Å²) in [7, 11) is 0. The lowest BCUT2D eigenvalue weighted by Gasteiger charge is -2.14. The van der Waals surface area contributed by atoms with Gasteiger partial charge in [-0.25, -0.2) is 9.37 Å². The van der Waals surface area contributed by atoms with E-state index in [1.807, 2.05) is 66.9 Å². The molecule has 0 aliphatic heterocycles. The van der Waals surface area contributed by atoms with Crippen LogP contribution in [0.4, 0.5) is 4.39 Å². The minimum absolute atomic E-state index is 0.148. The molecule has 0 N–H and O–H groups in total. The van der Waals surface area contributed by atoms with E-state index in [1.165, 1.54) is 12.1 Å². The molecule has 0 saturated heterocycles. The Morgan fingerprint density at radius 1 is 0.941 bits per heavy atom. The van der Waals surface area contributed by atoms with Crippen molar-refractivity contribution >= 4 is 34.4 Å². The Labute approximate surface area is 200 Å². The van der Waals surface area contributed by atoms with Crippen LogP contribution >= 0.6 is 11.3 Å². The maximum absolute atomic E-state index is 13.5. The molecule has 0 bridgehead atoms. The van der Waals surface area contributed by atoms with E-state index in [9.17, 15) is 9.18 Å². The first-order valence-electron chi connectivity index (χ1n) is 10.7. The number of fused-ring (bicyclic) bond motifs is 1. The van der Waals surface area contributed by atoms with E-state index in [1.54, 1.807) is 40.2 Å². The SMILES string of the molecule is Cc1cc(C#Cc2cccs2)ccc1-n1c(/C=C/c2ccc(F)cc2)nc2ccccc2c1=O. The average Bonchev–Trinajstić information content (AvgIpc) is 3.37. The number of halogens is 1. The smallest absolute Gasteiger partial charge is 0.266 e. The van der Waals surface area contributed by atoms with Crippen molar-refractivity contribution in [2.45, 2.75) is 6.92 Å². The van der Waals surface area contributed by atoms with Gasteiger partial charge in [-0.15, -0.1) is 11.3 Å². The fourth-order valence-electron chi connectivity index (χ4n) is 3.71. The number of benzene rings is 3. The highest BCUT2D eigenvalue weighted by Gasteiger charge is 2.13. The summed E-state index contributed by atoms with van der Waals surface area (Å²) >= 11 is 1.60. The highest BCUT2D eigenvalue weighted by atomic mass is 32.1. The van der Waals surface area contributed by atoms with Gasteiger partial charge in [-0.3, -0.25) is 9.36 Å². The van der Waals surface area contributed by atoms with Crippen molar-refractivity contribution in [3.63, 3.8) is 0 Å². The van der Waals surface area contributed by atoms with Crippen LogP contribution in [0.3, 0.4) is 0 Å². The number of rotatable bonds is 3. The fourth-order valence-corrected chi connectivity index (χ4v) is 4.28. The topological polar surface area (TPSA) is 34.9 Å². The highest BCUT2D eigenvalue weighted by molar-refractivity contribution is 7.10. The van der Waals surface area contributed by atoms with Crippen molar-refractivity contribution in [2.24, 2.45) is 0 Å². The molecule has 0 amide bonds. The first kappa shape index (κ1) is 21.6. The van der Waals surface area contributed by atoms with Crippen molar-refractivity contribution in [3.05, 3.63) is 128 Å². The Hall–Kier alpha value is -4.27. The summed E-state index contributed by atoms with van der Waals surface area (Å²) in [5.74, 6) is 6.55. The van der Waals surface area contributed by atoms with E-state index in [4.69, 9.17) is 4.98 Å². The zero-order valence-corrected chi connectivity index (χ0v) is 19.1. The van der Waals surface area contributed by atoms with E-state index in [2.05, 4.69) is 11.8 Å². The fraction of sp³-hybridized carbons (Fsp3) is 0.0345. The van der Waals surface area contributed by atoms with Gasteiger partial charge in [-0.2, -0.15) is 0 Å². The molecule has 0 aliphatic rings. The average molecular weight is 463 g/mol. The molecule has 2 aromatic heterocycles. The Kier molecular flexibility index (Phi) is 5.90. The van der Waals surface area contributed by atoms with E-state index < -0.39 is 0 Å². The summed E-state index contributed by atoms with van der Waals surface area (Å²) in [5.41, 5.74) is 3.81. The second-order valence-corrected chi connectivity index (χ2v) is 8.69. The Morgan fingerprint density at radius 3 is 2.53 bits per heavy atom. The van der Waals surface area contributed by atoms with Gasteiger partial charge in [-0.05, 0) is 78.0 Å². The van der Waals surface area contributed by atoms with E-state index in [-0.39, 0.29) is 11.4 Å². The number of thiophene rings is 1. The summed E-state index contributed by atoms with van der Waals surface area (Å²) in [6, 6.07) is 23.2. The number of hydrogen-bond acceptors (Lipinski definition) is 3. The summed E-state index contributed by atoms with van der Waals surface area (Å²) in [6.07, 6.45) is 3.60. The van der Waals surface area contributed by atoms with Gasteiger partial charge in [0.1, 0.15) is 11.6 Å². The molecule has 5 rings (SSSR count). The maximum Gasteiger partial charge on any atom is 0.266 e. The number of hydrogen-bond donors (Lipinski definition) is 0. The van der Waals surface area contributed by atoms with Crippen LogP contribution < -0.4 is 5.56 Å². The zero-order valence-electron chi connectivity index (χ0n) is 18.3. The van der Waals surface area contributed by atoms with Crippen LogP contribution in [0.1, 0.15) is 27.4 Å². The number of nitrogens with zero attached hydrogens (tertiary/aromatic N) is 2. The molecule has 0 unspecified atom stereocenters. The molecule has 0 radical (unpaired) electrons. The molecule has 164 valence electrons. The molecule has 5 heteroatoms. The second kappa shape index (κ2) is 9.30. The Balaban J connectivity index is 1.63. The molecular weight excluding hydrogens is 443 g/mol. The predicted octanol–water partition coefficient (Wildman–Crippen LogP) is 6.46. The van der Waals surface area contributed by atoms with Crippen LogP contribution in [0.25, 0.3) is 28.7 Å². The van der Waals surface area contributed by atoms with Crippen LogP contribution in [0, 0.1) is 24.6 Å². The van der Waals surface area contributed by atoms with E-state index in [0.29, 0.717) is 16.7 Å². The number of para-hydroxylation sites is 1. The zero-order chi connectivity index (χ0) is 23.5. The predicted molar refractivity (Wildman–Crippen MR) is 138 cm³/mol. The van der Waals surface area contributed by atoms with Crippen LogP contribution in [-0.2, 0) is 0 Å². The molecular formula is C29H19FN2OS. The van der Waals surface area contributed by atoms with Gasteiger partial charge in [-0.1, -0.05) is 48.2 Å². The van der Waals surface area contributed by atoms with Gasteiger partial charge >= 0.3 is 0 Å². The lowest BCUT2D eigenvalue weighted by Crippen LogP contribution is -2.23. The summed E-state index contributed by atoms with van der Waals surface area (Å²) < 4.78 is 14.9. The molecule has 0 spiro atoms. The minimum atomic E-state index is -0.296. The molecule has 5 aromatic rings. The Bertz CT molecular complexity index is 1640. The number of aromatic nitrogens is 2. The maximum atomic E-state index is 13.5. The molecule has 0 saturated carbocycles. The van der Waals surface area contributed by atoms with Crippen LogP contribution in [0.2, 0.25) is 0 Å². The third-order valence-corrected chi connectivity index (χ3v) is 6.17. The van der Waals surface area contributed by atoms with E-state index in [0.717, 1.165) is 27.3 Å². The van der Waals surface area contributed by atoms with Gasteiger partial charge in [0.15, 0.2) is 0 Å². The van der Waals surface area contributed by atoms with Crippen molar-refractivity contribution < 1.29 is 4.39 Å². The molecule has 0 aliphatic carbocycles. The highest BCUT2D eigenvalue weighted by Crippen LogP contribution is 2.20. The van der Waals surface area contributed by atoms with Crippen molar-refractivity contribution in [1.29, 1.82) is 0 Å². The van der Waals surface area contributed by atoms with Gasteiger partial charge in [0.05, 0.1) is 21.5 Å². The van der Waals surface area contributed by atoms with Crippen LogP contribution in [0.15, 0.2) is 89.0 Å². The monoisotopic (exact) mass is 462 g/mol. The summed E-state index contributed by atoms with van der Waals surface area (Å²) in [6.45, 7) is 1.96. The molecule has 3 aromatic carbocycles. The van der Waals surface area contributed by atoms with Gasteiger partial charge < -0.3 is 0 Å². The second-order valence-electron chi connectivity index (χ2n) is 7.74. The molecule has 0 atom stereocenters. The van der Waals surface area contributed by atoms with E-state index >= 15 is 0 Å². The summed E-state index contributed by atoms with van der Waals surface area (Å²) in [5, 5.41) is 2.54. The first-order valence-corrected chi connectivity index (χ1v) is 11.6. The van der Waals surface area contributed by atoms with Crippen molar-refractivity contribution in [3.8, 4) is 17.5 Å². The molecule has 0 fully saturated rings. The minimum Gasteiger partial charge on any atom is -0.268 e. The number of aryl methyl sites for hydroxylation is 1. The summed E-state index contributed by atoms with van der Waals surface area (Å²) in [4.78, 5) is 19.3. The Morgan fingerprint density at radius 2 is 1.76 bits per heavy atom. The quantitative estimate of drug-likeness (QED) is 0.288. The lowest BCUT2D eigenvalue weighted by molar-refractivity contribution is 0.628. The lowest BCUT2D eigenvalue weighted by atomic mass is 10.1. The van der Waals surface area contributed by atoms with Gasteiger partial charge in [0.2, 0.25) is 0 Å². The first-order chi connectivity index (χ1) is 16.6. The van der Waals surface area contributed by atoms with Crippen molar-refractivity contribution in [1.82, 2.24) is 9.55 Å². The third-order valence-electron chi connectivity index (χ3n) is 5.39. The largest absolute Gasteiger partial charge is 0.268 e. The van der Waals surface area contributed by atoms with Crippen LogP contribution in [-0.4, -0.2) is 9.55 Å². The van der Waals surface area contributed by atoms with Crippen LogP contribution in [0.5, 0.6) is 0 Å².